The average molecular weight is 473 g/mol. The maximum atomic E-state index is 12.8. The highest BCUT2D eigenvalue weighted by Gasteiger charge is 2.31. The number of imidazole rings is 1. The van der Waals surface area contributed by atoms with Crippen LogP contribution in [0.2, 0.25) is 0 Å². The van der Waals surface area contributed by atoms with E-state index in [0.29, 0.717) is 11.4 Å². The van der Waals surface area contributed by atoms with E-state index in [-0.39, 0.29) is 12.8 Å². The number of nitrogens with one attached hydrogen (secondary N) is 4. The van der Waals surface area contributed by atoms with Crippen molar-refractivity contribution in [3.63, 3.8) is 0 Å². The smallest absolute Gasteiger partial charge is 0.326 e. The van der Waals surface area contributed by atoms with Gasteiger partial charge in [0, 0.05) is 18.3 Å². The first kappa shape index (κ1) is 26.9. The Balaban J connectivity index is 2.99. The van der Waals surface area contributed by atoms with E-state index >= 15 is 0 Å². The molecule has 0 aliphatic rings. The zero-order valence-electron chi connectivity index (χ0n) is 17.7. The summed E-state index contributed by atoms with van der Waals surface area (Å²) in [5, 5.41) is 25.4. The maximum Gasteiger partial charge on any atom is 0.326 e. The van der Waals surface area contributed by atoms with Crippen LogP contribution in [-0.2, 0) is 30.4 Å². The number of carboxylic acids is 2. The van der Waals surface area contributed by atoms with E-state index in [1.54, 1.807) is 6.26 Å². The topological polar surface area (TPSA) is 217 Å². The van der Waals surface area contributed by atoms with Crippen LogP contribution < -0.4 is 21.7 Å². The minimum absolute atomic E-state index is 0.0306. The Morgan fingerprint density at radius 2 is 1.66 bits per heavy atom. The van der Waals surface area contributed by atoms with Gasteiger partial charge in [-0.25, -0.2) is 9.78 Å². The van der Waals surface area contributed by atoms with Gasteiger partial charge in [0.2, 0.25) is 17.7 Å². The normalized spacial score (nSPS) is 14.5. The van der Waals surface area contributed by atoms with E-state index in [1.165, 1.54) is 31.2 Å². The van der Waals surface area contributed by atoms with Crippen molar-refractivity contribution in [1.82, 2.24) is 25.9 Å². The summed E-state index contributed by atoms with van der Waals surface area (Å²) in [5.41, 5.74) is 6.03. The molecular weight excluding hydrogens is 444 g/mol. The minimum atomic E-state index is -1.56. The predicted molar refractivity (Wildman–Crippen MR) is 115 cm³/mol. The summed E-state index contributed by atoms with van der Waals surface area (Å²) < 4.78 is 0. The van der Waals surface area contributed by atoms with Gasteiger partial charge in [-0.2, -0.15) is 11.8 Å². The van der Waals surface area contributed by atoms with E-state index in [9.17, 15) is 29.1 Å². The Hall–Kier alpha value is -3.13. The molecule has 0 bridgehead atoms. The summed E-state index contributed by atoms with van der Waals surface area (Å²) in [6.45, 7) is 1.42. The molecule has 1 heterocycles. The van der Waals surface area contributed by atoms with Crippen molar-refractivity contribution >= 4 is 41.4 Å². The van der Waals surface area contributed by atoms with Crippen LogP contribution in [0.1, 0.15) is 25.5 Å². The first-order chi connectivity index (χ1) is 15.0. The highest BCUT2D eigenvalue weighted by atomic mass is 32.2. The number of nitrogens with zero attached hydrogens (tertiary/aromatic N) is 1. The van der Waals surface area contributed by atoms with Crippen LogP contribution in [0.5, 0.6) is 0 Å². The summed E-state index contributed by atoms with van der Waals surface area (Å²) in [7, 11) is 0. The number of H-pyrrole nitrogens is 1. The maximum absolute atomic E-state index is 12.8. The fourth-order valence-electron chi connectivity index (χ4n) is 2.55. The van der Waals surface area contributed by atoms with Crippen molar-refractivity contribution in [3.05, 3.63) is 18.2 Å². The van der Waals surface area contributed by atoms with Crippen LogP contribution in [0.25, 0.3) is 0 Å². The highest BCUT2D eigenvalue weighted by Crippen LogP contribution is 2.05. The van der Waals surface area contributed by atoms with Gasteiger partial charge >= 0.3 is 11.9 Å². The average Bonchev–Trinajstić information content (AvgIpc) is 3.22. The van der Waals surface area contributed by atoms with Gasteiger partial charge in [0.1, 0.15) is 18.1 Å². The monoisotopic (exact) mass is 472 g/mol. The first-order valence-electron chi connectivity index (χ1n) is 9.62. The number of carbonyl (C=O) groups is 5. The predicted octanol–water partition coefficient (Wildman–Crippen LogP) is -1.93. The molecule has 8 N–H and O–H groups in total. The van der Waals surface area contributed by atoms with Gasteiger partial charge in [0.25, 0.3) is 0 Å². The second-order valence-corrected chi connectivity index (χ2v) is 7.96. The number of aromatic nitrogens is 2. The lowest BCUT2D eigenvalue weighted by molar-refractivity contribution is -0.143. The van der Waals surface area contributed by atoms with Crippen molar-refractivity contribution in [2.24, 2.45) is 5.73 Å². The third-order valence-electron chi connectivity index (χ3n) is 4.26. The fraction of sp³-hybridized carbons (Fsp3) is 0.556. The molecule has 1 rings (SSSR count). The Bertz CT molecular complexity index is 802. The third-order valence-corrected chi connectivity index (χ3v) is 4.91. The molecule has 0 aliphatic heterocycles. The van der Waals surface area contributed by atoms with Crippen LogP contribution in [0.3, 0.4) is 0 Å². The van der Waals surface area contributed by atoms with Crippen LogP contribution in [0, 0.1) is 0 Å². The number of aliphatic carboxylic acids is 2. The molecule has 0 saturated heterocycles. The number of amides is 3. The number of thioether (sulfide) groups is 1. The van der Waals surface area contributed by atoms with Gasteiger partial charge in [0.05, 0.1) is 18.8 Å². The number of carbonyl (C=O) groups excluding carboxylic acids is 3. The number of aromatic amines is 1. The molecule has 13 nitrogen and oxygen atoms in total. The van der Waals surface area contributed by atoms with E-state index in [2.05, 4.69) is 25.9 Å². The van der Waals surface area contributed by atoms with Gasteiger partial charge in [-0.05, 0) is 25.4 Å². The molecular formula is C18H28N6O7S. The van der Waals surface area contributed by atoms with Gasteiger partial charge < -0.3 is 36.9 Å². The number of carboxylic acid groups (broad SMARTS) is 2. The van der Waals surface area contributed by atoms with Gasteiger partial charge in [-0.3, -0.25) is 19.2 Å². The fourth-order valence-corrected chi connectivity index (χ4v) is 3.02. The van der Waals surface area contributed by atoms with E-state index < -0.39 is 60.2 Å². The van der Waals surface area contributed by atoms with Crippen LogP contribution in [0.15, 0.2) is 12.5 Å². The van der Waals surface area contributed by atoms with Gasteiger partial charge in [-0.1, -0.05) is 0 Å². The summed E-state index contributed by atoms with van der Waals surface area (Å²) >= 11 is 1.38. The molecule has 3 amide bonds. The number of hydrogen-bond donors (Lipinski definition) is 7. The second-order valence-electron chi connectivity index (χ2n) is 6.97. The molecule has 4 unspecified atom stereocenters. The Morgan fingerprint density at radius 1 is 1.06 bits per heavy atom. The summed E-state index contributed by atoms with van der Waals surface area (Å²) in [6, 6.07) is -4.92. The van der Waals surface area contributed by atoms with Crippen molar-refractivity contribution in [2.45, 2.75) is 50.4 Å². The minimum Gasteiger partial charge on any atom is -0.481 e. The highest BCUT2D eigenvalue weighted by molar-refractivity contribution is 7.98. The molecule has 32 heavy (non-hydrogen) atoms. The number of nitrogens with two attached hydrogens (primary N) is 1. The number of rotatable bonds is 14. The largest absolute Gasteiger partial charge is 0.481 e. The Morgan fingerprint density at radius 3 is 2.16 bits per heavy atom. The molecule has 0 aromatic carbocycles. The number of hydrogen-bond acceptors (Lipinski definition) is 8. The molecule has 0 saturated carbocycles. The van der Waals surface area contributed by atoms with E-state index in [1.807, 2.05) is 0 Å². The van der Waals surface area contributed by atoms with Crippen LogP contribution in [-0.4, -0.2) is 86.0 Å². The quantitative estimate of drug-likeness (QED) is 0.159. The Kier molecular flexibility index (Phi) is 11.2. The van der Waals surface area contributed by atoms with Crippen molar-refractivity contribution in [3.8, 4) is 0 Å². The van der Waals surface area contributed by atoms with Crippen molar-refractivity contribution in [2.75, 3.05) is 12.0 Å². The zero-order valence-corrected chi connectivity index (χ0v) is 18.5. The summed E-state index contributed by atoms with van der Waals surface area (Å²) in [4.78, 5) is 66.6. The van der Waals surface area contributed by atoms with Gasteiger partial charge in [-0.15, -0.1) is 0 Å². The lowest BCUT2D eigenvalue weighted by Gasteiger charge is -2.24. The molecule has 0 fully saturated rings. The lowest BCUT2D eigenvalue weighted by Crippen LogP contribution is -2.57. The standard InChI is InChI=1S/C18H28N6O7S/c1-9(19)15(27)23-12(5-10-7-20-8-21-10)16(28)24-13(6-14(25)26)17(29)22-11(18(30)31)3-4-32-2/h7-9,11-13H,3-6,19H2,1-2H3,(H,20,21)(H,22,29)(H,23,27)(H,24,28)(H,25,26)(H,30,31). The van der Waals surface area contributed by atoms with Gasteiger partial charge in [0.15, 0.2) is 0 Å². The van der Waals surface area contributed by atoms with E-state index in [4.69, 9.17) is 10.8 Å². The van der Waals surface area contributed by atoms with Crippen molar-refractivity contribution < 1.29 is 34.2 Å². The summed E-state index contributed by atoms with van der Waals surface area (Å²) in [6.07, 6.45) is 3.87. The third kappa shape index (κ3) is 9.34. The summed E-state index contributed by atoms with van der Waals surface area (Å²) in [5.74, 6) is -4.66. The molecule has 178 valence electrons. The molecule has 0 spiro atoms. The molecule has 1 aromatic rings. The van der Waals surface area contributed by atoms with Crippen LogP contribution >= 0.6 is 11.8 Å². The molecule has 14 heteroatoms. The molecule has 4 atom stereocenters. The molecule has 0 radical (unpaired) electrons. The SMILES string of the molecule is CSCCC(NC(=O)C(CC(=O)O)NC(=O)C(Cc1cnc[nH]1)NC(=O)C(C)N)C(=O)O. The second kappa shape index (κ2) is 13.3. The zero-order chi connectivity index (χ0) is 24.3. The van der Waals surface area contributed by atoms with E-state index in [0.717, 1.165) is 0 Å². The first-order valence-corrected chi connectivity index (χ1v) is 11.0. The van der Waals surface area contributed by atoms with Crippen molar-refractivity contribution in [1.29, 1.82) is 0 Å². The van der Waals surface area contributed by atoms with Crippen LogP contribution in [0.4, 0.5) is 0 Å². The Labute approximate surface area is 188 Å². The molecule has 1 aromatic heterocycles. The lowest BCUT2D eigenvalue weighted by atomic mass is 10.1. The molecule has 0 aliphatic carbocycles.